The minimum atomic E-state index is -0.606. The molecule has 0 saturated heterocycles. The number of ketones is 1. The molecule has 2 aliphatic rings. The van der Waals surface area contributed by atoms with E-state index in [1.54, 1.807) is 12.1 Å². The highest BCUT2D eigenvalue weighted by atomic mass is 16.7. The van der Waals surface area contributed by atoms with Crippen molar-refractivity contribution in [2.24, 2.45) is 0 Å². The third-order valence-electron chi connectivity index (χ3n) is 5.06. The summed E-state index contributed by atoms with van der Waals surface area (Å²) in [6, 6.07) is 3.54. The Kier molecular flexibility index (Phi) is 5.11. The molecule has 0 radical (unpaired) electrons. The van der Waals surface area contributed by atoms with E-state index in [0.29, 0.717) is 22.8 Å². The molecule has 0 amide bonds. The number of hydrogen-bond acceptors (Lipinski definition) is 9. The Morgan fingerprint density at radius 1 is 0.800 bits per heavy atom. The van der Waals surface area contributed by atoms with Gasteiger partial charge in [-0.25, -0.2) is 0 Å². The van der Waals surface area contributed by atoms with Crippen molar-refractivity contribution >= 4 is 5.78 Å². The third-order valence-corrected chi connectivity index (χ3v) is 5.06. The molecule has 30 heavy (non-hydrogen) atoms. The van der Waals surface area contributed by atoms with Gasteiger partial charge in [0, 0.05) is 5.56 Å². The average molecular weight is 418 g/mol. The molecule has 160 valence electrons. The molecule has 1 unspecified atom stereocenters. The summed E-state index contributed by atoms with van der Waals surface area (Å²) in [7, 11) is 7.38. The van der Waals surface area contributed by atoms with Gasteiger partial charge in [0.2, 0.25) is 29.8 Å². The van der Waals surface area contributed by atoms with E-state index in [1.807, 2.05) is 0 Å². The van der Waals surface area contributed by atoms with E-state index >= 15 is 0 Å². The number of rotatable bonds is 6. The Balaban J connectivity index is 1.85. The van der Waals surface area contributed by atoms with Crippen LogP contribution in [0.3, 0.4) is 0 Å². The first kappa shape index (κ1) is 19.8. The second-order valence-corrected chi connectivity index (χ2v) is 6.53. The molecule has 0 fully saturated rings. The minimum absolute atomic E-state index is 0.0742. The molecule has 2 aliphatic heterocycles. The highest BCUT2D eigenvalue weighted by molar-refractivity contribution is 6.05. The molecule has 2 aromatic rings. The minimum Gasteiger partial charge on any atom is -0.493 e. The summed E-state index contributed by atoms with van der Waals surface area (Å²) in [6.45, 7) is 0.102. The molecule has 9 nitrogen and oxygen atoms in total. The van der Waals surface area contributed by atoms with Gasteiger partial charge in [0.25, 0.3) is 0 Å². The Hall–Kier alpha value is -3.49. The van der Waals surface area contributed by atoms with Crippen LogP contribution in [-0.4, -0.2) is 48.1 Å². The summed E-state index contributed by atoms with van der Waals surface area (Å²) in [5.74, 6) is 2.60. The zero-order chi connectivity index (χ0) is 21.4. The highest BCUT2D eigenvalue weighted by Crippen LogP contribution is 2.57. The predicted octanol–water partition coefficient (Wildman–Crippen LogP) is 3.16. The maximum atomic E-state index is 13.2. The van der Waals surface area contributed by atoms with Gasteiger partial charge in [-0.1, -0.05) is 0 Å². The fourth-order valence-corrected chi connectivity index (χ4v) is 3.73. The van der Waals surface area contributed by atoms with E-state index in [0.717, 1.165) is 0 Å². The lowest BCUT2D eigenvalue weighted by Crippen LogP contribution is -2.22. The lowest BCUT2D eigenvalue weighted by Gasteiger charge is -2.30. The van der Waals surface area contributed by atoms with Gasteiger partial charge in [-0.05, 0) is 12.1 Å². The lowest BCUT2D eigenvalue weighted by atomic mass is 9.94. The normalized spacial score (nSPS) is 16.4. The number of fused-ring (bicyclic) bond motifs is 2. The van der Waals surface area contributed by atoms with E-state index in [2.05, 4.69) is 0 Å². The highest BCUT2D eigenvalue weighted by Gasteiger charge is 2.39. The van der Waals surface area contributed by atoms with Crippen LogP contribution in [0.15, 0.2) is 12.1 Å². The summed E-state index contributed by atoms with van der Waals surface area (Å²) in [5.41, 5.74) is 0.946. The predicted molar refractivity (Wildman–Crippen MR) is 104 cm³/mol. The second kappa shape index (κ2) is 7.74. The van der Waals surface area contributed by atoms with Crippen molar-refractivity contribution in [3.8, 4) is 46.0 Å². The molecule has 0 saturated carbocycles. The van der Waals surface area contributed by atoms with Gasteiger partial charge in [-0.3, -0.25) is 4.79 Å². The summed E-state index contributed by atoms with van der Waals surface area (Å²) < 4.78 is 44.5. The summed E-state index contributed by atoms with van der Waals surface area (Å²) in [5, 5.41) is 0. The Morgan fingerprint density at radius 3 is 2.10 bits per heavy atom. The maximum Gasteiger partial charge on any atom is 0.231 e. The van der Waals surface area contributed by atoms with Gasteiger partial charge in [-0.15, -0.1) is 0 Å². The number of carbonyl (C=O) groups is 1. The van der Waals surface area contributed by atoms with Crippen LogP contribution >= 0.6 is 0 Å². The number of methoxy groups -OCH3 is 5. The zero-order valence-corrected chi connectivity index (χ0v) is 17.3. The van der Waals surface area contributed by atoms with Crippen molar-refractivity contribution in [1.29, 1.82) is 0 Å². The molecule has 4 rings (SSSR count). The fourth-order valence-electron chi connectivity index (χ4n) is 3.73. The van der Waals surface area contributed by atoms with Gasteiger partial charge in [-0.2, -0.15) is 0 Å². The second-order valence-electron chi connectivity index (χ2n) is 6.53. The quantitative estimate of drug-likeness (QED) is 0.701. The van der Waals surface area contributed by atoms with Crippen LogP contribution in [0.5, 0.6) is 46.0 Å². The molecule has 0 aromatic heterocycles. The Bertz CT molecular complexity index is 999. The van der Waals surface area contributed by atoms with Crippen LogP contribution in [0.25, 0.3) is 0 Å². The summed E-state index contributed by atoms with van der Waals surface area (Å²) >= 11 is 0. The lowest BCUT2D eigenvalue weighted by molar-refractivity contribution is 0.0832. The van der Waals surface area contributed by atoms with Gasteiger partial charge >= 0.3 is 0 Å². The van der Waals surface area contributed by atoms with E-state index < -0.39 is 6.10 Å². The van der Waals surface area contributed by atoms with Gasteiger partial charge in [0.05, 0.1) is 42.0 Å². The maximum absolute atomic E-state index is 13.2. The number of hydrogen-bond donors (Lipinski definition) is 0. The van der Waals surface area contributed by atoms with Crippen LogP contribution < -0.4 is 37.9 Å². The largest absolute Gasteiger partial charge is 0.493 e. The van der Waals surface area contributed by atoms with E-state index in [9.17, 15) is 4.79 Å². The standard InChI is InChI=1S/C21H22O9/c1-23-13-6-10(7-14-16(13)29-9-28-14)12-8-11(22)15-17(24-2)19(25-3)21(27-5)20(26-4)18(15)30-12/h6-7,12H,8-9H2,1-5H3. The van der Waals surface area contributed by atoms with Crippen molar-refractivity contribution in [3.63, 3.8) is 0 Å². The molecule has 0 aliphatic carbocycles. The zero-order valence-electron chi connectivity index (χ0n) is 17.3. The molecule has 0 bridgehead atoms. The molecule has 2 heterocycles. The third kappa shape index (κ3) is 2.89. The Labute approximate surface area is 173 Å². The number of ether oxygens (including phenoxy) is 8. The first-order chi connectivity index (χ1) is 14.6. The van der Waals surface area contributed by atoms with Crippen molar-refractivity contribution < 1.29 is 42.7 Å². The van der Waals surface area contributed by atoms with Gasteiger partial charge < -0.3 is 37.9 Å². The van der Waals surface area contributed by atoms with Crippen LogP contribution in [0.4, 0.5) is 0 Å². The van der Waals surface area contributed by atoms with E-state index in [1.165, 1.54) is 35.5 Å². The van der Waals surface area contributed by atoms with E-state index in [4.69, 9.17) is 37.9 Å². The molecule has 2 aromatic carbocycles. The van der Waals surface area contributed by atoms with Crippen LogP contribution in [0.1, 0.15) is 28.4 Å². The van der Waals surface area contributed by atoms with Crippen molar-refractivity contribution in [3.05, 3.63) is 23.3 Å². The van der Waals surface area contributed by atoms with Crippen LogP contribution in [0.2, 0.25) is 0 Å². The fraction of sp³-hybridized carbons (Fsp3) is 0.381. The van der Waals surface area contributed by atoms with Crippen molar-refractivity contribution in [2.75, 3.05) is 42.3 Å². The number of Topliss-reactive ketones (excluding diaryl/α,β-unsaturated/α-hetero) is 1. The van der Waals surface area contributed by atoms with Crippen molar-refractivity contribution in [1.82, 2.24) is 0 Å². The van der Waals surface area contributed by atoms with Crippen molar-refractivity contribution in [2.45, 2.75) is 12.5 Å². The van der Waals surface area contributed by atoms with E-state index in [-0.39, 0.29) is 53.3 Å². The molecular weight excluding hydrogens is 396 g/mol. The molecule has 0 spiro atoms. The van der Waals surface area contributed by atoms with Crippen LogP contribution in [-0.2, 0) is 0 Å². The average Bonchev–Trinajstić information content (AvgIpc) is 3.25. The Morgan fingerprint density at radius 2 is 1.47 bits per heavy atom. The van der Waals surface area contributed by atoms with Crippen LogP contribution in [0, 0.1) is 0 Å². The molecular formula is C21H22O9. The smallest absolute Gasteiger partial charge is 0.231 e. The first-order valence-corrected chi connectivity index (χ1v) is 9.15. The summed E-state index contributed by atoms with van der Waals surface area (Å²) in [4.78, 5) is 13.2. The molecule has 0 N–H and O–H groups in total. The molecule has 1 atom stereocenters. The van der Waals surface area contributed by atoms with Gasteiger partial charge in [0.1, 0.15) is 11.7 Å². The SMILES string of the molecule is COc1cc(C2CC(=O)c3c(OC)c(OC)c(OC)c(OC)c3O2)cc2c1OCO2. The molecule has 9 heteroatoms. The number of carbonyl (C=O) groups excluding carboxylic acids is 1. The first-order valence-electron chi connectivity index (χ1n) is 9.15. The monoisotopic (exact) mass is 418 g/mol. The van der Waals surface area contributed by atoms with Gasteiger partial charge in [0.15, 0.2) is 28.8 Å². The topological polar surface area (TPSA) is 90.9 Å². The number of benzene rings is 2. The summed E-state index contributed by atoms with van der Waals surface area (Å²) in [6.07, 6.45) is -0.532.